The molecule has 1 aliphatic heterocycles. The Bertz CT molecular complexity index is 568. The molecule has 2 rings (SSSR count). The van der Waals surface area contributed by atoms with E-state index in [2.05, 4.69) is 27.6 Å². The molecule has 0 aliphatic carbocycles. The number of nitrogens with zero attached hydrogens (tertiary/aromatic N) is 2. The molecule has 2 N–H and O–H groups in total. The van der Waals surface area contributed by atoms with Crippen LogP contribution >= 0.6 is 0 Å². The highest BCUT2D eigenvalue weighted by Gasteiger charge is 2.13. The minimum atomic E-state index is 0.268. The fourth-order valence-electron chi connectivity index (χ4n) is 2.48. The van der Waals surface area contributed by atoms with E-state index in [-0.39, 0.29) is 6.79 Å². The van der Waals surface area contributed by atoms with Crippen LogP contribution in [-0.4, -0.2) is 78.3 Å². The lowest BCUT2D eigenvalue weighted by atomic mass is 10.3. The van der Waals surface area contributed by atoms with Crippen LogP contribution < -0.4 is 24.8 Å². The Kier molecular flexibility index (Phi) is 8.85. The van der Waals surface area contributed by atoms with Crippen molar-refractivity contribution in [1.29, 1.82) is 0 Å². The normalized spacial score (nSPS) is 13.2. The van der Waals surface area contributed by atoms with Gasteiger partial charge in [-0.3, -0.25) is 4.99 Å². The van der Waals surface area contributed by atoms with E-state index in [4.69, 9.17) is 18.9 Å². The van der Waals surface area contributed by atoms with Gasteiger partial charge in [-0.25, -0.2) is 0 Å². The molecule has 146 valence electrons. The number of hydrogen-bond donors (Lipinski definition) is 2. The van der Waals surface area contributed by atoms with Crippen molar-refractivity contribution in [2.75, 3.05) is 67.4 Å². The summed E-state index contributed by atoms with van der Waals surface area (Å²) in [6.45, 7) is 5.03. The molecule has 1 aromatic rings. The molecule has 1 aromatic carbocycles. The van der Waals surface area contributed by atoms with Crippen LogP contribution in [0.3, 0.4) is 0 Å². The lowest BCUT2D eigenvalue weighted by Crippen LogP contribution is -2.42. The summed E-state index contributed by atoms with van der Waals surface area (Å²) in [5.41, 5.74) is 0. The summed E-state index contributed by atoms with van der Waals surface area (Å²) < 4.78 is 21.4. The zero-order valence-electron chi connectivity index (χ0n) is 15.9. The van der Waals surface area contributed by atoms with Gasteiger partial charge in [0.1, 0.15) is 12.4 Å². The summed E-state index contributed by atoms with van der Waals surface area (Å²) in [5.74, 6) is 3.01. The Morgan fingerprint density at radius 1 is 1.15 bits per heavy atom. The lowest BCUT2D eigenvalue weighted by Gasteiger charge is -2.18. The fraction of sp³-hybridized carbons (Fsp3) is 0.611. The lowest BCUT2D eigenvalue weighted by molar-refractivity contribution is 0.173. The predicted molar refractivity (Wildman–Crippen MR) is 101 cm³/mol. The number of nitrogens with one attached hydrogen (secondary N) is 2. The number of fused-ring (bicyclic) bond motifs is 1. The Balaban J connectivity index is 1.57. The highest BCUT2D eigenvalue weighted by atomic mass is 16.7. The molecule has 1 heterocycles. The van der Waals surface area contributed by atoms with Gasteiger partial charge in [0.25, 0.3) is 0 Å². The number of benzene rings is 1. The zero-order valence-corrected chi connectivity index (χ0v) is 15.9. The summed E-state index contributed by atoms with van der Waals surface area (Å²) in [5, 5.41) is 6.53. The van der Waals surface area contributed by atoms with Crippen molar-refractivity contribution in [2.24, 2.45) is 4.99 Å². The SMILES string of the molecule is CN=C(NCCOc1ccc2c(c1)OCO2)NCCN(C)CCCOC. The minimum absolute atomic E-state index is 0.268. The first-order chi connectivity index (χ1) is 12.7. The number of hydrogen-bond acceptors (Lipinski definition) is 6. The van der Waals surface area contributed by atoms with Crippen LogP contribution in [-0.2, 0) is 4.74 Å². The van der Waals surface area contributed by atoms with Gasteiger partial charge in [-0.15, -0.1) is 0 Å². The van der Waals surface area contributed by atoms with Crippen LogP contribution in [0.25, 0.3) is 0 Å². The summed E-state index contributed by atoms with van der Waals surface area (Å²) in [6.07, 6.45) is 1.04. The third kappa shape index (κ3) is 6.97. The maximum absolute atomic E-state index is 5.72. The van der Waals surface area contributed by atoms with Crippen molar-refractivity contribution in [3.05, 3.63) is 18.2 Å². The Hall–Kier alpha value is -2.19. The standard InChI is InChI=1S/C18H30N4O4/c1-19-18(20-7-10-22(2)9-4-11-23-3)21-8-12-24-15-5-6-16-17(13-15)26-14-25-16/h5-6,13H,4,7-12,14H2,1-3H3,(H2,19,20,21). The third-order valence-corrected chi connectivity index (χ3v) is 3.91. The van der Waals surface area contributed by atoms with E-state index >= 15 is 0 Å². The monoisotopic (exact) mass is 366 g/mol. The first-order valence-corrected chi connectivity index (χ1v) is 8.87. The molecule has 0 saturated heterocycles. The van der Waals surface area contributed by atoms with Gasteiger partial charge in [0.05, 0.1) is 6.54 Å². The molecule has 0 fully saturated rings. The topological polar surface area (TPSA) is 76.6 Å². The number of methoxy groups -OCH3 is 1. The van der Waals surface area contributed by atoms with Gasteiger partial charge in [0, 0.05) is 46.5 Å². The van der Waals surface area contributed by atoms with Gasteiger partial charge in [-0.2, -0.15) is 0 Å². The van der Waals surface area contributed by atoms with Crippen LogP contribution in [0.2, 0.25) is 0 Å². The van der Waals surface area contributed by atoms with Crippen LogP contribution in [0.5, 0.6) is 17.2 Å². The fourth-order valence-corrected chi connectivity index (χ4v) is 2.48. The Labute approximate surface area is 155 Å². The second kappa shape index (κ2) is 11.4. The van der Waals surface area contributed by atoms with Gasteiger partial charge in [-0.1, -0.05) is 0 Å². The molecule has 8 nitrogen and oxygen atoms in total. The average molecular weight is 366 g/mol. The molecule has 0 saturated carbocycles. The van der Waals surface area contributed by atoms with Crippen LogP contribution in [0.1, 0.15) is 6.42 Å². The van der Waals surface area contributed by atoms with Gasteiger partial charge in [-0.05, 0) is 25.6 Å². The van der Waals surface area contributed by atoms with E-state index in [0.29, 0.717) is 13.2 Å². The van der Waals surface area contributed by atoms with Crippen LogP contribution in [0.15, 0.2) is 23.2 Å². The molecular formula is C18H30N4O4. The number of guanidine groups is 1. The zero-order chi connectivity index (χ0) is 18.6. The second-order valence-corrected chi connectivity index (χ2v) is 5.94. The molecule has 26 heavy (non-hydrogen) atoms. The van der Waals surface area contributed by atoms with Crippen LogP contribution in [0, 0.1) is 0 Å². The summed E-state index contributed by atoms with van der Waals surface area (Å²) >= 11 is 0. The molecule has 1 aliphatic rings. The van der Waals surface area contributed by atoms with Crippen LogP contribution in [0.4, 0.5) is 0 Å². The number of aliphatic imine (C=N–C) groups is 1. The van der Waals surface area contributed by atoms with Crippen molar-refractivity contribution < 1.29 is 18.9 Å². The maximum atomic E-state index is 5.72. The molecule has 0 aromatic heterocycles. The van der Waals surface area contributed by atoms with Crippen molar-refractivity contribution in [1.82, 2.24) is 15.5 Å². The Morgan fingerprint density at radius 3 is 2.77 bits per heavy atom. The second-order valence-electron chi connectivity index (χ2n) is 5.94. The molecule has 0 amide bonds. The van der Waals surface area contributed by atoms with E-state index in [1.807, 2.05) is 18.2 Å². The summed E-state index contributed by atoms with van der Waals surface area (Å²) in [7, 11) is 5.59. The highest BCUT2D eigenvalue weighted by Crippen LogP contribution is 2.34. The first kappa shape index (κ1) is 20.1. The average Bonchev–Trinajstić information content (AvgIpc) is 3.11. The van der Waals surface area contributed by atoms with Crippen molar-refractivity contribution in [2.45, 2.75) is 6.42 Å². The van der Waals surface area contributed by atoms with Gasteiger partial charge in [0.15, 0.2) is 17.5 Å². The number of likely N-dealkylation sites (N-methyl/N-ethyl adjacent to an activating group) is 1. The predicted octanol–water partition coefficient (Wildman–Crippen LogP) is 0.927. The van der Waals surface area contributed by atoms with Crippen molar-refractivity contribution in [3.63, 3.8) is 0 Å². The minimum Gasteiger partial charge on any atom is -0.492 e. The quantitative estimate of drug-likeness (QED) is 0.343. The van der Waals surface area contributed by atoms with E-state index in [9.17, 15) is 0 Å². The van der Waals surface area contributed by atoms with E-state index < -0.39 is 0 Å². The largest absolute Gasteiger partial charge is 0.492 e. The molecular weight excluding hydrogens is 336 g/mol. The highest BCUT2D eigenvalue weighted by molar-refractivity contribution is 5.79. The number of rotatable bonds is 11. The van der Waals surface area contributed by atoms with Crippen molar-refractivity contribution in [3.8, 4) is 17.2 Å². The molecule has 8 heteroatoms. The van der Waals surface area contributed by atoms with E-state index in [1.165, 1.54) is 0 Å². The summed E-state index contributed by atoms with van der Waals surface area (Å²) in [6, 6.07) is 5.57. The third-order valence-electron chi connectivity index (χ3n) is 3.91. The molecule has 0 atom stereocenters. The Morgan fingerprint density at radius 2 is 1.96 bits per heavy atom. The molecule has 0 radical (unpaired) electrons. The van der Waals surface area contributed by atoms with Gasteiger partial charge >= 0.3 is 0 Å². The maximum Gasteiger partial charge on any atom is 0.231 e. The molecule has 0 spiro atoms. The van der Waals surface area contributed by atoms with Crippen molar-refractivity contribution >= 4 is 5.96 Å². The number of ether oxygens (including phenoxy) is 4. The molecule has 0 bridgehead atoms. The van der Waals surface area contributed by atoms with E-state index in [0.717, 1.165) is 55.9 Å². The van der Waals surface area contributed by atoms with Gasteiger partial charge < -0.3 is 34.5 Å². The molecule has 0 unspecified atom stereocenters. The summed E-state index contributed by atoms with van der Waals surface area (Å²) in [4.78, 5) is 6.48. The first-order valence-electron chi connectivity index (χ1n) is 8.87. The smallest absolute Gasteiger partial charge is 0.231 e. The van der Waals surface area contributed by atoms with E-state index in [1.54, 1.807) is 14.2 Å². The van der Waals surface area contributed by atoms with Gasteiger partial charge in [0.2, 0.25) is 6.79 Å².